The van der Waals surface area contributed by atoms with E-state index < -0.39 is 0 Å². The van der Waals surface area contributed by atoms with Crippen LogP contribution < -0.4 is 20.1 Å². The maximum atomic E-state index is 12.6. The molecule has 1 aliphatic rings. The predicted octanol–water partition coefficient (Wildman–Crippen LogP) is 4.39. The number of hydrogen-bond donors (Lipinski definition) is 2. The maximum Gasteiger partial charge on any atom is 0.171 e. The zero-order valence-electron chi connectivity index (χ0n) is 17.0. The largest absolute Gasteiger partial charge is 0.493 e. The summed E-state index contributed by atoms with van der Waals surface area (Å²) in [6.07, 6.45) is 2.04. The molecule has 2 aromatic rings. The van der Waals surface area contributed by atoms with Crippen LogP contribution in [0.4, 0.5) is 0 Å². The molecular formula is C23H26N2O3S. The van der Waals surface area contributed by atoms with Gasteiger partial charge in [-0.2, -0.15) is 0 Å². The monoisotopic (exact) mass is 410 g/mol. The topological polar surface area (TPSA) is 59.6 Å². The highest BCUT2D eigenvalue weighted by Crippen LogP contribution is 2.36. The maximum absolute atomic E-state index is 12.6. The molecule has 3 rings (SSSR count). The number of ether oxygens (including phenoxy) is 2. The molecule has 0 saturated heterocycles. The number of unbranched alkanes of at least 4 members (excludes halogenated alkanes) is 1. The third kappa shape index (κ3) is 4.77. The second-order valence-corrected chi connectivity index (χ2v) is 7.26. The van der Waals surface area contributed by atoms with Gasteiger partial charge in [0.15, 0.2) is 22.4 Å². The van der Waals surface area contributed by atoms with Gasteiger partial charge in [-0.3, -0.25) is 4.79 Å². The van der Waals surface area contributed by atoms with Crippen LogP contribution in [0.15, 0.2) is 54.1 Å². The standard InChI is InChI=1S/C23H26N2O3S/c1-4-5-13-28-18-12-11-17(14-19(18)27-3)22-20(15(2)26)21(24-23(29)25-22)16-9-7-6-8-10-16/h6-12,14,22H,4-5,13H2,1-3H3,(H2,24,25,29)/t22-/m1/s1. The predicted molar refractivity (Wildman–Crippen MR) is 119 cm³/mol. The summed E-state index contributed by atoms with van der Waals surface area (Å²) in [5.74, 6) is 1.30. The van der Waals surface area contributed by atoms with Gasteiger partial charge < -0.3 is 20.1 Å². The van der Waals surface area contributed by atoms with E-state index >= 15 is 0 Å². The fraction of sp³-hybridized carbons (Fsp3) is 0.304. The van der Waals surface area contributed by atoms with Gasteiger partial charge in [0, 0.05) is 5.57 Å². The van der Waals surface area contributed by atoms with Crippen molar-refractivity contribution in [2.24, 2.45) is 0 Å². The first-order chi connectivity index (χ1) is 14.0. The van der Waals surface area contributed by atoms with Crippen molar-refractivity contribution in [3.8, 4) is 11.5 Å². The van der Waals surface area contributed by atoms with Crippen molar-refractivity contribution in [2.75, 3.05) is 13.7 Å². The van der Waals surface area contributed by atoms with Crippen molar-refractivity contribution in [1.82, 2.24) is 10.6 Å². The minimum absolute atomic E-state index is 0.0291. The molecule has 2 aromatic carbocycles. The molecule has 0 fully saturated rings. The normalized spacial score (nSPS) is 16.1. The van der Waals surface area contributed by atoms with E-state index in [2.05, 4.69) is 17.6 Å². The van der Waals surface area contributed by atoms with Crippen LogP contribution in [0.5, 0.6) is 11.5 Å². The highest BCUT2D eigenvalue weighted by atomic mass is 32.1. The molecule has 1 atom stereocenters. The van der Waals surface area contributed by atoms with Crippen molar-refractivity contribution in [1.29, 1.82) is 0 Å². The SMILES string of the molecule is CCCCOc1ccc([C@H]2NC(=S)NC(c3ccccc3)=C2C(C)=O)cc1OC. The second kappa shape index (κ2) is 9.56. The fourth-order valence-electron chi connectivity index (χ4n) is 3.34. The zero-order valence-corrected chi connectivity index (χ0v) is 17.8. The summed E-state index contributed by atoms with van der Waals surface area (Å²) in [6, 6.07) is 15.1. The molecule has 0 radical (unpaired) electrons. The lowest BCUT2D eigenvalue weighted by Crippen LogP contribution is -2.44. The minimum Gasteiger partial charge on any atom is -0.493 e. The van der Waals surface area contributed by atoms with Crippen molar-refractivity contribution >= 4 is 28.8 Å². The highest BCUT2D eigenvalue weighted by molar-refractivity contribution is 7.80. The van der Waals surface area contributed by atoms with Crippen LogP contribution in [0.1, 0.15) is 43.9 Å². The third-order valence-corrected chi connectivity index (χ3v) is 5.01. The minimum atomic E-state index is -0.380. The van der Waals surface area contributed by atoms with Crippen molar-refractivity contribution < 1.29 is 14.3 Å². The van der Waals surface area contributed by atoms with Crippen LogP contribution in [0.3, 0.4) is 0 Å². The van der Waals surface area contributed by atoms with Gasteiger partial charge in [0.1, 0.15) is 0 Å². The van der Waals surface area contributed by atoms with E-state index in [9.17, 15) is 4.79 Å². The number of hydrogen-bond acceptors (Lipinski definition) is 4. The van der Waals surface area contributed by atoms with E-state index in [4.69, 9.17) is 21.7 Å². The first-order valence-corrected chi connectivity index (χ1v) is 10.1. The Morgan fingerprint density at radius 3 is 2.55 bits per heavy atom. The Morgan fingerprint density at radius 1 is 1.14 bits per heavy atom. The Hall–Kier alpha value is -2.86. The second-order valence-electron chi connectivity index (χ2n) is 6.85. The molecule has 0 aliphatic carbocycles. The Bertz CT molecular complexity index is 925. The van der Waals surface area contributed by atoms with Gasteiger partial charge in [-0.25, -0.2) is 0 Å². The highest BCUT2D eigenvalue weighted by Gasteiger charge is 2.30. The molecule has 2 N–H and O–H groups in total. The van der Waals surface area contributed by atoms with Crippen LogP contribution in [-0.4, -0.2) is 24.6 Å². The van der Waals surface area contributed by atoms with Gasteiger partial charge in [0.05, 0.1) is 25.5 Å². The lowest BCUT2D eigenvalue weighted by atomic mass is 9.90. The number of nitrogens with one attached hydrogen (secondary N) is 2. The average Bonchev–Trinajstić information content (AvgIpc) is 2.73. The molecular weight excluding hydrogens is 384 g/mol. The smallest absolute Gasteiger partial charge is 0.171 e. The number of carbonyl (C=O) groups excluding carboxylic acids is 1. The van der Waals surface area contributed by atoms with Gasteiger partial charge in [-0.1, -0.05) is 49.7 Å². The van der Waals surface area contributed by atoms with Crippen LogP contribution in [0.25, 0.3) is 5.70 Å². The summed E-state index contributed by atoms with van der Waals surface area (Å²) in [7, 11) is 1.61. The number of benzene rings is 2. The first kappa shape index (κ1) is 20.9. The van der Waals surface area contributed by atoms with Crippen molar-refractivity contribution in [2.45, 2.75) is 32.7 Å². The molecule has 0 aromatic heterocycles. The van der Waals surface area contributed by atoms with Crippen LogP contribution in [-0.2, 0) is 4.79 Å². The van der Waals surface area contributed by atoms with E-state index in [0.717, 1.165) is 29.7 Å². The summed E-state index contributed by atoms with van der Waals surface area (Å²) in [4.78, 5) is 12.6. The molecule has 1 aliphatic heterocycles. The van der Waals surface area contributed by atoms with Crippen LogP contribution in [0, 0.1) is 0 Å². The Labute approximate surface area is 177 Å². The van der Waals surface area contributed by atoms with E-state index in [1.807, 2.05) is 48.5 Å². The number of thiocarbonyl (C=S) groups is 1. The van der Waals surface area contributed by atoms with E-state index in [0.29, 0.717) is 28.8 Å². The fourth-order valence-corrected chi connectivity index (χ4v) is 3.56. The molecule has 29 heavy (non-hydrogen) atoms. The summed E-state index contributed by atoms with van der Waals surface area (Å²) >= 11 is 5.43. The van der Waals surface area contributed by atoms with Crippen molar-refractivity contribution in [3.63, 3.8) is 0 Å². The molecule has 0 amide bonds. The number of ketones is 1. The van der Waals surface area contributed by atoms with E-state index in [1.54, 1.807) is 14.0 Å². The van der Waals surface area contributed by atoms with Crippen LogP contribution >= 0.6 is 12.2 Å². The van der Waals surface area contributed by atoms with Gasteiger partial charge in [-0.15, -0.1) is 0 Å². The van der Waals surface area contributed by atoms with Gasteiger partial charge in [-0.05, 0) is 48.8 Å². The molecule has 1 heterocycles. The molecule has 0 spiro atoms. The lowest BCUT2D eigenvalue weighted by molar-refractivity contribution is -0.113. The van der Waals surface area contributed by atoms with Crippen LogP contribution in [0.2, 0.25) is 0 Å². The molecule has 0 unspecified atom stereocenters. The molecule has 152 valence electrons. The number of carbonyl (C=O) groups is 1. The molecule has 6 heteroatoms. The Balaban J connectivity index is 2.03. The van der Waals surface area contributed by atoms with Gasteiger partial charge in [0.2, 0.25) is 0 Å². The summed E-state index contributed by atoms with van der Waals surface area (Å²) in [5.41, 5.74) is 3.16. The third-order valence-electron chi connectivity index (χ3n) is 4.79. The summed E-state index contributed by atoms with van der Waals surface area (Å²) in [5, 5.41) is 6.87. The summed E-state index contributed by atoms with van der Waals surface area (Å²) < 4.78 is 11.4. The number of Topliss-reactive ketones (excluding diaryl/α,β-unsaturated/α-hetero) is 1. The van der Waals surface area contributed by atoms with Gasteiger partial charge >= 0.3 is 0 Å². The average molecular weight is 411 g/mol. The zero-order chi connectivity index (χ0) is 20.8. The van der Waals surface area contributed by atoms with E-state index in [1.165, 1.54) is 0 Å². The van der Waals surface area contributed by atoms with Gasteiger partial charge in [0.25, 0.3) is 0 Å². The van der Waals surface area contributed by atoms with E-state index in [-0.39, 0.29) is 11.8 Å². The quantitative estimate of drug-likeness (QED) is 0.497. The molecule has 0 saturated carbocycles. The first-order valence-electron chi connectivity index (χ1n) is 9.74. The number of methoxy groups -OCH3 is 1. The molecule has 5 nitrogen and oxygen atoms in total. The van der Waals surface area contributed by atoms with Crippen molar-refractivity contribution in [3.05, 3.63) is 65.2 Å². The lowest BCUT2D eigenvalue weighted by Gasteiger charge is -2.31. The Kier molecular flexibility index (Phi) is 6.88. The summed E-state index contributed by atoms with van der Waals surface area (Å²) in [6.45, 7) is 4.33. The number of rotatable bonds is 8. The molecule has 0 bridgehead atoms. The Morgan fingerprint density at radius 2 is 1.90 bits per heavy atom.